The predicted molar refractivity (Wildman–Crippen MR) is 93.4 cm³/mol. The largest absolute Gasteiger partial charge is 0.330 e. The molecule has 5 nitrogen and oxygen atoms in total. The van der Waals surface area contributed by atoms with E-state index >= 15 is 0 Å². The third kappa shape index (κ3) is 3.62. The van der Waals surface area contributed by atoms with Crippen LogP contribution in [0.4, 0.5) is 0 Å². The highest BCUT2D eigenvalue weighted by Gasteiger charge is 2.14. The van der Waals surface area contributed by atoms with Crippen LogP contribution in [0.25, 0.3) is 11.0 Å². The van der Waals surface area contributed by atoms with Crippen LogP contribution < -0.4 is 0 Å². The van der Waals surface area contributed by atoms with E-state index in [1.165, 1.54) is 17.8 Å². The van der Waals surface area contributed by atoms with Crippen LogP contribution >= 0.6 is 23.1 Å². The third-order valence-corrected chi connectivity index (χ3v) is 5.11. The molecule has 118 valence electrons. The Morgan fingerprint density at radius 2 is 2.13 bits per heavy atom. The average molecular weight is 344 g/mol. The summed E-state index contributed by atoms with van der Waals surface area (Å²) in [6, 6.07) is 5.90. The fourth-order valence-corrected chi connectivity index (χ4v) is 3.66. The predicted octanol–water partition coefficient (Wildman–Crippen LogP) is 3.43. The van der Waals surface area contributed by atoms with Crippen molar-refractivity contribution < 1.29 is 4.79 Å². The minimum Gasteiger partial charge on any atom is -0.330 e. The van der Waals surface area contributed by atoms with Crippen LogP contribution in [-0.2, 0) is 24.3 Å². The topological polar surface area (TPSA) is 59.0 Å². The molecule has 3 aromatic rings. The molecule has 0 spiro atoms. The van der Waals surface area contributed by atoms with Gasteiger partial charge in [0.05, 0.1) is 23.3 Å². The van der Waals surface area contributed by atoms with Gasteiger partial charge in [-0.15, -0.1) is 11.3 Å². The lowest BCUT2D eigenvalue weighted by molar-refractivity contribution is -0.127. The first-order valence-corrected chi connectivity index (χ1v) is 8.80. The van der Waals surface area contributed by atoms with E-state index in [1.54, 1.807) is 16.2 Å². The van der Waals surface area contributed by atoms with Gasteiger partial charge >= 0.3 is 0 Å². The molecule has 2 aromatic heterocycles. The zero-order valence-corrected chi connectivity index (χ0v) is 14.4. The lowest BCUT2D eigenvalue weighted by atomic mass is 10.2. The second kappa shape index (κ2) is 6.97. The maximum Gasteiger partial charge on any atom is 0.246 e. The molecule has 0 aliphatic carbocycles. The van der Waals surface area contributed by atoms with E-state index < -0.39 is 0 Å². The molecule has 0 atom stereocenters. The zero-order valence-electron chi connectivity index (χ0n) is 12.7. The molecule has 0 radical (unpaired) electrons. The summed E-state index contributed by atoms with van der Waals surface area (Å²) in [6.45, 7) is 6.73. The van der Waals surface area contributed by atoms with Crippen molar-refractivity contribution in [3.63, 3.8) is 0 Å². The molecule has 2 heterocycles. The molecule has 0 aliphatic heterocycles. The van der Waals surface area contributed by atoms with Crippen molar-refractivity contribution in [2.24, 2.45) is 0 Å². The van der Waals surface area contributed by atoms with Crippen molar-refractivity contribution in [1.82, 2.24) is 18.6 Å². The molecule has 0 saturated heterocycles. The zero-order chi connectivity index (χ0) is 16.2. The second-order valence-electron chi connectivity index (χ2n) is 5.06. The third-order valence-electron chi connectivity index (χ3n) is 3.43. The van der Waals surface area contributed by atoms with E-state index in [0.717, 1.165) is 32.9 Å². The Morgan fingerprint density at radius 1 is 1.30 bits per heavy atom. The number of aryl methyl sites for hydroxylation is 1. The lowest BCUT2D eigenvalue weighted by Crippen LogP contribution is -2.28. The summed E-state index contributed by atoms with van der Waals surface area (Å²) < 4.78 is 8.45. The van der Waals surface area contributed by atoms with E-state index in [1.807, 2.05) is 24.4 Å². The molecule has 0 unspecified atom stereocenters. The minimum absolute atomic E-state index is 0.0899. The highest BCUT2D eigenvalue weighted by atomic mass is 32.1. The van der Waals surface area contributed by atoms with Gasteiger partial charge in [-0.1, -0.05) is 19.6 Å². The standard InChI is InChI=1S/C16H16N4OS2/c1-3-15-17-8-12(22-15)10-20(16(21)4-2)9-11-5-6-13-14(7-11)19-23-18-13/h4-8H,2-3,9-10H2,1H3. The number of carbonyl (C=O) groups excluding carboxylic acids is 1. The van der Waals surface area contributed by atoms with Crippen molar-refractivity contribution >= 4 is 40.0 Å². The number of aromatic nitrogens is 3. The molecule has 0 saturated carbocycles. The molecule has 1 aromatic carbocycles. The fourth-order valence-electron chi connectivity index (χ4n) is 2.26. The Bertz CT molecular complexity index is 839. The van der Waals surface area contributed by atoms with Crippen molar-refractivity contribution in [3.05, 3.63) is 52.5 Å². The fraction of sp³-hybridized carbons (Fsp3) is 0.250. The molecule has 0 aliphatic rings. The van der Waals surface area contributed by atoms with Gasteiger partial charge in [0, 0.05) is 17.6 Å². The molecule has 1 amide bonds. The molecule has 3 rings (SSSR count). The maximum absolute atomic E-state index is 12.2. The van der Waals surface area contributed by atoms with Gasteiger partial charge in [0.2, 0.25) is 5.91 Å². The van der Waals surface area contributed by atoms with Gasteiger partial charge < -0.3 is 4.90 Å². The molecule has 0 bridgehead atoms. The Balaban J connectivity index is 1.80. The number of thiazole rings is 1. The van der Waals surface area contributed by atoms with Gasteiger partial charge in [-0.3, -0.25) is 4.79 Å². The normalized spacial score (nSPS) is 10.8. The second-order valence-corrected chi connectivity index (χ2v) is 6.79. The monoisotopic (exact) mass is 344 g/mol. The Hall–Kier alpha value is -2.12. The number of carbonyl (C=O) groups is 1. The van der Waals surface area contributed by atoms with E-state index in [0.29, 0.717) is 13.1 Å². The van der Waals surface area contributed by atoms with Crippen molar-refractivity contribution in [2.45, 2.75) is 26.4 Å². The first-order chi connectivity index (χ1) is 11.2. The summed E-state index contributed by atoms with van der Waals surface area (Å²) in [6.07, 6.45) is 4.11. The average Bonchev–Trinajstić information content (AvgIpc) is 3.21. The number of amides is 1. The summed E-state index contributed by atoms with van der Waals surface area (Å²) in [5.41, 5.74) is 2.78. The first-order valence-electron chi connectivity index (χ1n) is 7.25. The molecular formula is C16H16N4OS2. The number of fused-ring (bicyclic) bond motifs is 1. The molecule has 7 heteroatoms. The first kappa shape index (κ1) is 15.8. The molecule has 23 heavy (non-hydrogen) atoms. The van der Waals surface area contributed by atoms with Crippen LogP contribution in [0.1, 0.15) is 22.4 Å². The Kier molecular flexibility index (Phi) is 4.78. The highest BCUT2D eigenvalue weighted by Crippen LogP contribution is 2.19. The van der Waals surface area contributed by atoms with Gasteiger partial charge in [-0.05, 0) is 30.2 Å². The van der Waals surface area contributed by atoms with E-state index in [2.05, 4.69) is 27.2 Å². The van der Waals surface area contributed by atoms with Crippen LogP contribution in [-0.4, -0.2) is 24.5 Å². The minimum atomic E-state index is -0.0899. The Morgan fingerprint density at radius 3 is 2.87 bits per heavy atom. The number of benzene rings is 1. The molecule has 0 fully saturated rings. The van der Waals surface area contributed by atoms with Crippen LogP contribution in [0.3, 0.4) is 0 Å². The lowest BCUT2D eigenvalue weighted by Gasteiger charge is -2.20. The van der Waals surface area contributed by atoms with Gasteiger partial charge in [0.1, 0.15) is 11.0 Å². The summed E-state index contributed by atoms with van der Waals surface area (Å²) in [5.74, 6) is -0.0899. The van der Waals surface area contributed by atoms with Gasteiger partial charge in [0.15, 0.2) is 0 Å². The van der Waals surface area contributed by atoms with Crippen LogP contribution in [0.5, 0.6) is 0 Å². The molecular weight excluding hydrogens is 328 g/mol. The molecule has 0 N–H and O–H groups in total. The number of hydrogen-bond acceptors (Lipinski definition) is 6. The summed E-state index contributed by atoms with van der Waals surface area (Å²) in [5, 5.41) is 1.08. The number of hydrogen-bond donors (Lipinski definition) is 0. The van der Waals surface area contributed by atoms with Crippen LogP contribution in [0, 0.1) is 0 Å². The van der Waals surface area contributed by atoms with E-state index in [9.17, 15) is 4.79 Å². The van der Waals surface area contributed by atoms with Crippen molar-refractivity contribution in [2.75, 3.05) is 0 Å². The summed E-state index contributed by atoms with van der Waals surface area (Å²) in [4.78, 5) is 19.4. The van der Waals surface area contributed by atoms with Gasteiger partial charge in [0.25, 0.3) is 0 Å². The number of rotatable bonds is 6. The van der Waals surface area contributed by atoms with Crippen molar-refractivity contribution in [1.29, 1.82) is 0 Å². The van der Waals surface area contributed by atoms with Crippen LogP contribution in [0.15, 0.2) is 37.1 Å². The van der Waals surface area contributed by atoms with Crippen molar-refractivity contribution in [3.8, 4) is 0 Å². The highest BCUT2D eigenvalue weighted by molar-refractivity contribution is 7.11. The maximum atomic E-state index is 12.2. The van der Waals surface area contributed by atoms with Gasteiger partial charge in [-0.25, -0.2) is 4.98 Å². The van der Waals surface area contributed by atoms with E-state index in [4.69, 9.17) is 0 Å². The van der Waals surface area contributed by atoms with E-state index in [-0.39, 0.29) is 5.91 Å². The summed E-state index contributed by atoms with van der Waals surface area (Å²) in [7, 11) is 0. The smallest absolute Gasteiger partial charge is 0.246 e. The summed E-state index contributed by atoms with van der Waals surface area (Å²) >= 11 is 2.84. The van der Waals surface area contributed by atoms with Gasteiger partial charge in [-0.2, -0.15) is 8.75 Å². The number of nitrogens with zero attached hydrogens (tertiary/aromatic N) is 4. The Labute approximate surface area is 142 Å². The van der Waals surface area contributed by atoms with Crippen LogP contribution in [0.2, 0.25) is 0 Å². The SMILES string of the molecule is C=CC(=O)N(Cc1ccc2nsnc2c1)Cc1cnc(CC)s1. The quantitative estimate of drug-likeness (QED) is 0.643.